The van der Waals surface area contributed by atoms with Crippen molar-refractivity contribution >= 4 is 28.7 Å². The molecule has 10 heteroatoms. The number of pyridine rings is 1. The van der Waals surface area contributed by atoms with Crippen molar-refractivity contribution in [2.75, 3.05) is 13.2 Å². The predicted octanol–water partition coefficient (Wildman–Crippen LogP) is 2.63. The van der Waals surface area contributed by atoms with Crippen LogP contribution in [0.1, 0.15) is 16.7 Å². The van der Waals surface area contributed by atoms with E-state index in [2.05, 4.69) is 10.3 Å². The molecule has 3 heterocycles. The van der Waals surface area contributed by atoms with Gasteiger partial charge < -0.3 is 25.3 Å². The summed E-state index contributed by atoms with van der Waals surface area (Å²) in [6.45, 7) is 0.0236. The molecule has 1 aromatic heterocycles. The van der Waals surface area contributed by atoms with E-state index in [1.807, 2.05) is 60.7 Å². The third-order valence-electron chi connectivity index (χ3n) is 7.99. The van der Waals surface area contributed by atoms with Gasteiger partial charge in [0.05, 0.1) is 18.7 Å². The number of aliphatic hydroxyl groups is 1. The van der Waals surface area contributed by atoms with Gasteiger partial charge in [0.15, 0.2) is 0 Å². The molecule has 1 unspecified atom stereocenters. The quantitative estimate of drug-likeness (QED) is 0.316. The second kappa shape index (κ2) is 11.5. The van der Waals surface area contributed by atoms with Crippen molar-refractivity contribution in [2.24, 2.45) is 0 Å². The predicted molar refractivity (Wildman–Crippen MR) is 155 cm³/mol. The Labute approximate surface area is 242 Å². The summed E-state index contributed by atoms with van der Waals surface area (Å²) in [5.74, 6) is -0.628. The van der Waals surface area contributed by atoms with Crippen LogP contribution in [0.3, 0.4) is 0 Å². The number of hydrogen-bond donors (Lipinski definition) is 3. The van der Waals surface area contributed by atoms with Crippen LogP contribution >= 0.6 is 0 Å². The lowest BCUT2D eigenvalue weighted by molar-refractivity contribution is -0.153. The lowest BCUT2D eigenvalue weighted by atomic mass is 9.99. The number of rotatable bonds is 7. The number of amides is 4. The number of carbonyl (C=O) groups is 3. The topological polar surface area (TPSA) is 126 Å². The smallest absolute Gasteiger partial charge is 0.320 e. The van der Waals surface area contributed by atoms with Gasteiger partial charge in [0.25, 0.3) is 0 Å². The number of piperazine rings is 1. The molecular weight excluding hydrogens is 534 g/mol. The summed E-state index contributed by atoms with van der Waals surface area (Å²) in [7, 11) is 0. The van der Waals surface area contributed by atoms with Crippen LogP contribution in [0.15, 0.2) is 91.1 Å². The van der Waals surface area contributed by atoms with Crippen LogP contribution in [0.25, 0.3) is 10.9 Å². The second-order valence-corrected chi connectivity index (χ2v) is 10.6. The van der Waals surface area contributed by atoms with E-state index in [0.717, 1.165) is 27.6 Å². The van der Waals surface area contributed by atoms with Gasteiger partial charge >= 0.3 is 6.03 Å². The highest BCUT2D eigenvalue weighted by Gasteiger charge is 2.55. The fraction of sp³-hybridized carbons (Fsp3) is 0.250. The minimum Gasteiger partial charge on any atom is -0.508 e. The lowest BCUT2D eigenvalue weighted by Crippen LogP contribution is -2.64. The molecule has 2 saturated heterocycles. The van der Waals surface area contributed by atoms with E-state index in [9.17, 15) is 24.6 Å². The molecule has 214 valence electrons. The third kappa shape index (κ3) is 5.12. The van der Waals surface area contributed by atoms with Crippen LogP contribution < -0.4 is 5.32 Å². The average Bonchev–Trinajstić information content (AvgIpc) is 3.30. The lowest BCUT2D eigenvalue weighted by Gasteiger charge is -2.44. The molecule has 2 fully saturated rings. The first-order valence-corrected chi connectivity index (χ1v) is 13.9. The van der Waals surface area contributed by atoms with Gasteiger partial charge in [-0.25, -0.2) is 4.79 Å². The molecule has 2 aliphatic rings. The number of phenols is 1. The number of nitrogens with zero attached hydrogens (tertiary/aromatic N) is 4. The molecule has 0 spiro atoms. The van der Waals surface area contributed by atoms with Gasteiger partial charge in [0, 0.05) is 31.1 Å². The highest BCUT2D eigenvalue weighted by atomic mass is 16.3. The first-order valence-electron chi connectivity index (χ1n) is 13.9. The summed E-state index contributed by atoms with van der Waals surface area (Å²) in [5.41, 5.74) is 3.35. The Kier molecular flexibility index (Phi) is 7.45. The highest BCUT2D eigenvalue weighted by Crippen LogP contribution is 2.33. The Morgan fingerprint density at radius 3 is 2.43 bits per heavy atom. The van der Waals surface area contributed by atoms with Crippen LogP contribution in [0.4, 0.5) is 4.79 Å². The zero-order valence-electron chi connectivity index (χ0n) is 22.8. The number of aliphatic hydroxyl groups excluding tert-OH is 1. The summed E-state index contributed by atoms with van der Waals surface area (Å²) >= 11 is 0. The minimum absolute atomic E-state index is 0.0859. The SMILES string of the molecule is O=C1[C@H](Cc2ccc(O)cc2)N2C(=O)[C@H](CO)N(C(=O)NCc3ccccc3)C2CN1Cc1cccc2ncccc12. The number of benzene rings is 3. The number of aromatic nitrogens is 1. The molecule has 4 aromatic rings. The van der Waals surface area contributed by atoms with E-state index < -0.39 is 36.8 Å². The van der Waals surface area contributed by atoms with Gasteiger partial charge in [-0.15, -0.1) is 0 Å². The summed E-state index contributed by atoms with van der Waals surface area (Å²) in [6.07, 6.45) is 1.12. The maximum atomic E-state index is 14.1. The number of aromatic hydroxyl groups is 1. The molecule has 0 bridgehead atoms. The van der Waals surface area contributed by atoms with Gasteiger partial charge in [0.1, 0.15) is 24.0 Å². The fourth-order valence-corrected chi connectivity index (χ4v) is 5.94. The zero-order valence-corrected chi connectivity index (χ0v) is 22.8. The van der Waals surface area contributed by atoms with Gasteiger partial charge in [-0.1, -0.05) is 60.7 Å². The van der Waals surface area contributed by atoms with Crippen molar-refractivity contribution in [1.82, 2.24) is 25.0 Å². The number of urea groups is 1. The molecular formula is C32H31N5O5. The van der Waals surface area contributed by atoms with Crippen molar-refractivity contribution in [3.63, 3.8) is 0 Å². The van der Waals surface area contributed by atoms with E-state index in [1.54, 1.807) is 23.2 Å². The van der Waals surface area contributed by atoms with Crippen molar-refractivity contribution in [3.05, 3.63) is 108 Å². The molecule has 10 nitrogen and oxygen atoms in total. The summed E-state index contributed by atoms with van der Waals surface area (Å²) in [4.78, 5) is 50.4. The van der Waals surface area contributed by atoms with Crippen molar-refractivity contribution in [1.29, 1.82) is 0 Å². The van der Waals surface area contributed by atoms with Crippen LogP contribution in [-0.4, -0.2) is 79.1 Å². The van der Waals surface area contributed by atoms with E-state index in [0.29, 0.717) is 0 Å². The van der Waals surface area contributed by atoms with E-state index >= 15 is 0 Å². The molecule has 6 rings (SSSR count). The normalized spacial score (nSPS) is 20.2. The number of hydrogen-bond acceptors (Lipinski definition) is 6. The van der Waals surface area contributed by atoms with Gasteiger partial charge in [-0.05, 0) is 41.0 Å². The summed E-state index contributed by atoms with van der Waals surface area (Å²) in [5, 5.41) is 23.9. The van der Waals surface area contributed by atoms with Crippen LogP contribution in [0, 0.1) is 0 Å². The molecule has 3 atom stereocenters. The molecule has 2 aliphatic heterocycles. The summed E-state index contributed by atoms with van der Waals surface area (Å²) < 4.78 is 0. The zero-order chi connectivity index (χ0) is 29.2. The van der Waals surface area contributed by atoms with Crippen LogP contribution in [0.2, 0.25) is 0 Å². The number of carbonyl (C=O) groups excluding carboxylic acids is 3. The number of fused-ring (bicyclic) bond motifs is 2. The van der Waals surface area contributed by atoms with E-state index in [-0.39, 0.29) is 37.7 Å². The maximum Gasteiger partial charge on any atom is 0.320 e. The van der Waals surface area contributed by atoms with Crippen LogP contribution in [-0.2, 0) is 29.1 Å². The first-order chi connectivity index (χ1) is 20.4. The van der Waals surface area contributed by atoms with Gasteiger partial charge in [-0.2, -0.15) is 0 Å². The molecule has 42 heavy (non-hydrogen) atoms. The Balaban J connectivity index is 1.34. The number of nitrogens with one attached hydrogen (secondary N) is 1. The van der Waals surface area contributed by atoms with Crippen molar-refractivity contribution in [3.8, 4) is 5.75 Å². The molecule has 0 saturated carbocycles. The Morgan fingerprint density at radius 1 is 0.881 bits per heavy atom. The largest absolute Gasteiger partial charge is 0.508 e. The molecule has 3 N–H and O–H groups in total. The molecule has 0 radical (unpaired) electrons. The Bertz CT molecular complexity index is 1610. The van der Waals surface area contributed by atoms with Crippen molar-refractivity contribution < 1.29 is 24.6 Å². The molecule has 0 aliphatic carbocycles. The van der Waals surface area contributed by atoms with Crippen LogP contribution in [0.5, 0.6) is 5.75 Å². The van der Waals surface area contributed by atoms with E-state index in [1.165, 1.54) is 21.9 Å². The monoisotopic (exact) mass is 565 g/mol. The minimum atomic E-state index is -1.12. The fourth-order valence-electron chi connectivity index (χ4n) is 5.94. The van der Waals surface area contributed by atoms with Gasteiger partial charge in [-0.3, -0.25) is 19.5 Å². The molecule has 3 aromatic carbocycles. The van der Waals surface area contributed by atoms with Gasteiger partial charge in [0.2, 0.25) is 11.8 Å². The third-order valence-corrected chi connectivity index (χ3v) is 7.99. The Morgan fingerprint density at radius 2 is 1.67 bits per heavy atom. The average molecular weight is 566 g/mol. The standard InChI is InChI=1S/C32H31N5O5/c38-20-28-31(41)36-27(16-21-11-13-24(39)14-12-21)30(40)35(18-23-8-4-10-26-25(23)9-5-15-33-26)19-29(36)37(28)32(42)34-17-22-6-2-1-3-7-22/h1-15,27-29,38-39H,16-20H2,(H,34,42)/t27-,28-,29?/m0/s1. The maximum absolute atomic E-state index is 14.1. The highest BCUT2D eigenvalue weighted by molar-refractivity contribution is 5.96. The second-order valence-electron chi connectivity index (χ2n) is 10.6. The van der Waals surface area contributed by atoms with Crippen molar-refractivity contribution in [2.45, 2.75) is 37.8 Å². The number of phenolic OH excluding ortho intramolecular Hbond substituents is 1. The first kappa shape index (κ1) is 27.2. The summed E-state index contributed by atoms with van der Waals surface area (Å²) in [6, 6.07) is 22.9. The molecule has 4 amide bonds. The van der Waals surface area contributed by atoms with E-state index in [4.69, 9.17) is 0 Å². The Hall–Kier alpha value is -4.96.